The van der Waals surface area contributed by atoms with Gasteiger partial charge in [-0.1, -0.05) is 0 Å². The SMILES string of the molecule is CC(NC(=O)C(N)Cc1cnc[nH]1)C(=O)NC(CC(=O)O)C(=O)NC(CCCCN)C(=O)O. The van der Waals surface area contributed by atoms with Crippen molar-refractivity contribution in [3.63, 3.8) is 0 Å². The van der Waals surface area contributed by atoms with Gasteiger partial charge in [-0.2, -0.15) is 0 Å². The first-order valence-corrected chi connectivity index (χ1v) is 10.3. The molecule has 4 unspecified atom stereocenters. The molecule has 0 radical (unpaired) electrons. The Bertz CT molecular complexity index is 815. The molecule has 1 aromatic rings. The normalized spacial score (nSPS) is 14.4. The van der Waals surface area contributed by atoms with Crippen LogP contribution in [-0.2, 0) is 30.4 Å². The highest BCUT2D eigenvalue weighted by molar-refractivity contribution is 5.95. The maximum Gasteiger partial charge on any atom is 0.326 e. The number of aliphatic carboxylic acids is 2. The van der Waals surface area contributed by atoms with Crippen LogP contribution < -0.4 is 27.4 Å². The lowest BCUT2D eigenvalue weighted by molar-refractivity contribution is -0.143. The van der Waals surface area contributed by atoms with Gasteiger partial charge in [0.1, 0.15) is 18.1 Å². The van der Waals surface area contributed by atoms with Crippen LogP contribution >= 0.6 is 0 Å². The lowest BCUT2D eigenvalue weighted by Gasteiger charge is -2.23. The lowest BCUT2D eigenvalue weighted by Crippen LogP contribution is -2.56. The fourth-order valence-electron chi connectivity index (χ4n) is 2.82. The highest BCUT2D eigenvalue weighted by Gasteiger charge is 2.30. The molecule has 1 heterocycles. The second-order valence-corrected chi connectivity index (χ2v) is 7.46. The summed E-state index contributed by atoms with van der Waals surface area (Å²) in [5.74, 6) is -5.14. The van der Waals surface area contributed by atoms with Crippen LogP contribution in [0.2, 0.25) is 0 Å². The van der Waals surface area contributed by atoms with Gasteiger partial charge in [-0.3, -0.25) is 19.2 Å². The second-order valence-electron chi connectivity index (χ2n) is 7.46. The van der Waals surface area contributed by atoms with Crippen molar-refractivity contribution in [1.29, 1.82) is 0 Å². The van der Waals surface area contributed by atoms with E-state index in [-0.39, 0.29) is 12.8 Å². The number of rotatable bonds is 15. The van der Waals surface area contributed by atoms with Crippen LogP contribution in [0, 0.1) is 0 Å². The van der Waals surface area contributed by atoms with E-state index in [0.717, 1.165) is 0 Å². The molecule has 1 aromatic heterocycles. The summed E-state index contributed by atoms with van der Waals surface area (Å²) in [6.07, 6.45) is 3.36. The second kappa shape index (κ2) is 13.8. The number of amides is 3. The van der Waals surface area contributed by atoms with Gasteiger partial charge in [-0.15, -0.1) is 0 Å². The maximum absolute atomic E-state index is 12.5. The van der Waals surface area contributed by atoms with E-state index in [9.17, 15) is 29.1 Å². The predicted molar refractivity (Wildman–Crippen MR) is 115 cm³/mol. The van der Waals surface area contributed by atoms with E-state index < -0.39 is 60.2 Å². The zero-order valence-corrected chi connectivity index (χ0v) is 18.2. The molecule has 14 nitrogen and oxygen atoms in total. The third-order valence-corrected chi connectivity index (χ3v) is 4.66. The van der Waals surface area contributed by atoms with Gasteiger partial charge in [-0.25, -0.2) is 9.78 Å². The number of nitrogens with zero attached hydrogens (tertiary/aromatic N) is 1. The minimum Gasteiger partial charge on any atom is -0.481 e. The molecule has 33 heavy (non-hydrogen) atoms. The average molecular weight is 469 g/mol. The number of aromatic nitrogens is 2. The Labute approximate surface area is 189 Å². The number of H-pyrrole nitrogens is 1. The molecule has 10 N–H and O–H groups in total. The molecule has 4 atom stereocenters. The summed E-state index contributed by atoms with van der Waals surface area (Å²) < 4.78 is 0. The molecule has 0 fully saturated rings. The number of nitrogens with one attached hydrogen (secondary N) is 4. The van der Waals surface area contributed by atoms with E-state index in [1.54, 1.807) is 0 Å². The third kappa shape index (κ3) is 10.1. The van der Waals surface area contributed by atoms with Gasteiger partial charge < -0.3 is 42.6 Å². The van der Waals surface area contributed by atoms with Crippen LogP contribution in [-0.4, -0.2) is 80.6 Å². The Morgan fingerprint density at radius 1 is 1.03 bits per heavy atom. The summed E-state index contributed by atoms with van der Waals surface area (Å²) in [4.78, 5) is 66.3. The molecule has 0 bridgehead atoms. The molecule has 0 aliphatic carbocycles. The number of hydrogen-bond donors (Lipinski definition) is 8. The summed E-state index contributed by atoms with van der Waals surface area (Å²) in [7, 11) is 0. The van der Waals surface area contributed by atoms with Gasteiger partial charge in [0.15, 0.2) is 0 Å². The zero-order chi connectivity index (χ0) is 25.0. The number of carbonyl (C=O) groups excluding carboxylic acids is 3. The van der Waals surface area contributed by atoms with Gasteiger partial charge in [0.25, 0.3) is 0 Å². The number of carbonyl (C=O) groups is 5. The van der Waals surface area contributed by atoms with Crippen molar-refractivity contribution in [1.82, 2.24) is 25.9 Å². The van der Waals surface area contributed by atoms with Gasteiger partial charge in [0, 0.05) is 18.3 Å². The van der Waals surface area contributed by atoms with Crippen LogP contribution in [0.4, 0.5) is 0 Å². The van der Waals surface area contributed by atoms with E-state index in [2.05, 4.69) is 25.9 Å². The molecule has 0 saturated heterocycles. The first-order valence-electron chi connectivity index (χ1n) is 10.3. The molecular weight excluding hydrogens is 438 g/mol. The minimum absolute atomic E-state index is 0.0900. The zero-order valence-electron chi connectivity index (χ0n) is 18.2. The van der Waals surface area contributed by atoms with Gasteiger partial charge in [-0.05, 0) is 32.7 Å². The number of nitrogens with two attached hydrogens (primary N) is 2. The van der Waals surface area contributed by atoms with E-state index in [1.807, 2.05) is 0 Å². The van der Waals surface area contributed by atoms with Crippen LogP contribution in [0.3, 0.4) is 0 Å². The first kappa shape index (κ1) is 27.5. The standard InChI is InChI=1S/C19H31N7O7/c1-10(24-17(30)12(21)6-11-8-22-9-23-11)16(29)26-14(7-15(27)28)18(31)25-13(19(32)33)4-2-3-5-20/h8-10,12-14H,2-7,20-21H2,1H3,(H,22,23)(H,24,30)(H,25,31)(H,26,29)(H,27,28)(H,32,33). The molecule has 1 rings (SSSR count). The third-order valence-electron chi connectivity index (χ3n) is 4.66. The smallest absolute Gasteiger partial charge is 0.326 e. The van der Waals surface area contributed by atoms with Crippen LogP contribution in [0.5, 0.6) is 0 Å². The Morgan fingerprint density at radius 2 is 1.70 bits per heavy atom. The van der Waals surface area contributed by atoms with Crippen LogP contribution in [0.25, 0.3) is 0 Å². The Morgan fingerprint density at radius 3 is 2.24 bits per heavy atom. The highest BCUT2D eigenvalue weighted by atomic mass is 16.4. The van der Waals surface area contributed by atoms with Crippen molar-refractivity contribution >= 4 is 29.7 Å². The molecule has 3 amide bonds. The highest BCUT2D eigenvalue weighted by Crippen LogP contribution is 2.04. The van der Waals surface area contributed by atoms with E-state index in [0.29, 0.717) is 25.1 Å². The number of unbranched alkanes of at least 4 members (excludes halogenated alkanes) is 1. The minimum atomic E-state index is -1.55. The van der Waals surface area contributed by atoms with E-state index >= 15 is 0 Å². The van der Waals surface area contributed by atoms with Crippen molar-refractivity contribution < 1.29 is 34.2 Å². The van der Waals surface area contributed by atoms with Crippen molar-refractivity contribution in [2.45, 2.75) is 63.2 Å². The molecule has 0 saturated carbocycles. The fraction of sp³-hybridized carbons (Fsp3) is 0.579. The Kier molecular flexibility index (Phi) is 11.5. The summed E-state index contributed by atoms with van der Waals surface area (Å²) in [6, 6.07) is -4.95. The van der Waals surface area contributed by atoms with Crippen LogP contribution in [0.15, 0.2) is 12.5 Å². The monoisotopic (exact) mass is 469 g/mol. The number of aromatic amines is 1. The van der Waals surface area contributed by atoms with Crippen molar-refractivity contribution in [3.05, 3.63) is 18.2 Å². The lowest BCUT2D eigenvalue weighted by atomic mass is 10.1. The topological polar surface area (TPSA) is 243 Å². The largest absolute Gasteiger partial charge is 0.481 e. The predicted octanol–water partition coefficient (Wildman–Crippen LogP) is -2.56. The number of carboxylic acid groups (broad SMARTS) is 2. The van der Waals surface area contributed by atoms with Gasteiger partial charge >= 0.3 is 11.9 Å². The van der Waals surface area contributed by atoms with E-state index in [4.69, 9.17) is 16.6 Å². The number of imidazole rings is 1. The Balaban J connectivity index is 2.72. The summed E-state index contributed by atoms with van der Waals surface area (Å²) in [5, 5.41) is 25.2. The van der Waals surface area contributed by atoms with Crippen molar-refractivity contribution in [3.8, 4) is 0 Å². The summed E-state index contributed by atoms with van der Waals surface area (Å²) >= 11 is 0. The van der Waals surface area contributed by atoms with E-state index in [1.165, 1.54) is 19.4 Å². The van der Waals surface area contributed by atoms with Crippen LogP contribution in [0.1, 0.15) is 38.3 Å². The molecular formula is C19H31N7O7. The molecule has 184 valence electrons. The molecule has 0 aliphatic heterocycles. The fourth-order valence-corrected chi connectivity index (χ4v) is 2.82. The quantitative estimate of drug-likeness (QED) is 0.125. The first-order chi connectivity index (χ1) is 15.5. The summed E-state index contributed by atoms with van der Waals surface area (Å²) in [5.41, 5.74) is 11.8. The van der Waals surface area contributed by atoms with Crippen molar-refractivity contribution in [2.75, 3.05) is 6.54 Å². The average Bonchev–Trinajstić information content (AvgIpc) is 3.24. The maximum atomic E-state index is 12.5. The number of hydrogen-bond acceptors (Lipinski definition) is 8. The van der Waals surface area contributed by atoms with Gasteiger partial charge in [0.05, 0.1) is 18.8 Å². The summed E-state index contributed by atoms with van der Waals surface area (Å²) in [6.45, 7) is 1.69. The van der Waals surface area contributed by atoms with Gasteiger partial charge in [0.2, 0.25) is 17.7 Å². The molecule has 14 heteroatoms. The van der Waals surface area contributed by atoms with Crippen molar-refractivity contribution in [2.24, 2.45) is 11.5 Å². The molecule has 0 spiro atoms. The Hall–Kier alpha value is -3.52. The molecule has 0 aliphatic rings. The number of carboxylic acids is 2. The molecule has 0 aromatic carbocycles.